The van der Waals surface area contributed by atoms with Crippen LogP contribution in [0, 0.1) is 11.8 Å². The van der Waals surface area contributed by atoms with E-state index in [1.807, 2.05) is 24.3 Å². The summed E-state index contributed by atoms with van der Waals surface area (Å²) >= 11 is 5.96. The van der Waals surface area contributed by atoms with Gasteiger partial charge in [-0.15, -0.1) is 0 Å². The summed E-state index contributed by atoms with van der Waals surface area (Å²) in [4.78, 5) is 13.3. The minimum absolute atomic E-state index is 0.243. The number of carboxylic acid groups (broad SMARTS) is 1. The molecule has 98 valence electrons. The monoisotopic (exact) mass is 267 g/mol. The molecule has 2 atom stereocenters. The van der Waals surface area contributed by atoms with E-state index in [0.717, 1.165) is 30.1 Å². The van der Waals surface area contributed by atoms with E-state index < -0.39 is 5.97 Å². The standard InChI is InChI=1S/C14H18ClNO2/c1-10-5-12(14(17)18)9-16(7-10)8-11-3-2-4-13(15)6-11/h2-4,6,10,12H,5,7-9H2,1H3,(H,17,18). The molecule has 0 saturated carbocycles. The van der Waals surface area contributed by atoms with Crippen LogP contribution in [0.3, 0.4) is 0 Å². The maximum absolute atomic E-state index is 11.1. The molecule has 2 unspecified atom stereocenters. The molecule has 0 radical (unpaired) electrons. The van der Waals surface area contributed by atoms with Gasteiger partial charge >= 0.3 is 5.97 Å². The predicted molar refractivity (Wildman–Crippen MR) is 71.6 cm³/mol. The zero-order chi connectivity index (χ0) is 13.1. The average Bonchev–Trinajstić information content (AvgIpc) is 2.28. The van der Waals surface area contributed by atoms with Crippen LogP contribution >= 0.6 is 11.6 Å². The minimum Gasteiger partial charge on any atom is -0.481 e. The molecule has 1 aromatic rings. The molecule has 0 amide bonds. The molecule has 1 N–H and O–H groups in total. The van der Waals surface area contributed by atoms with E-state index in [0.29, 0.717) is 12.5 Å². The van der Waals surface area contributed by atoms with Crippen LogP contribution in [0.15, 0.2) is 24.3 Å². The minimum atomic E-state index is -0.683. The fraction of sp³-hybridized carbons (Fsp3) is 0.500. The molecule has 0 aliphatic carbocycles. The van der Waals surface area contributed by atoms with Gasteiger partial charge in [0.2, 0.25) is 0 Å². The van der Waals surface area contributed by atoms with Crippen molar-refractivity contribution in [1.29, 1.82) is 0 Å². The lowest BCUT2D eigenvalue weighted by Crippen LogP contribution is -2.41. The van der Waals surface area contributed by atoms with E-state index in [4.69, 9.17) is 16.7 Å². The lowest BCUT2D eigenvalue weighted by atomic mass is 9.90. The molecular weight excluding hydrogens is 250 g/mol. The van der Waals surface area contributed by atoms with E-state index in [1.54, 1.807) is 0 Å². The van der Waals surface area contributed by atoms with Crippen molar-refractivity contribution in [1.82, 2.24) is 4.90 Å². The number of nitrogens with zero attached hydrogens (tertiary/aromatic N) is 1. The molecule has 18 heavy (non-hydrogen) atoms. The topological polar surface area (TPSA) is 40.5 Å². The lowest BCUT2D eigenvalue weighted by Gasteiger charge is -2.34. The lowest BCUT2D eigenvalue weighted by molar-refractivity contribution is -0.144. The number of aliphatic carboxylic acids is 1. The van der Waals surface area contributed by atoms with Gasteiger partial charge in [0.15, 0.2) is 0 Å². The first-order chi connectivity index (χ1) is 8.54. The molecule has 4 heteroatoms. The van der Waals surface area contributed by atoms with Crippen molar-refractivity contribution in [3.63, 3.8) is 0 Å². The summed E-state index contributed by atoms with van der Waals surface area (Å²) in [5, 5.41) is 9.87. The molecule has 1 heterocycles. The first-order valence-corrected chi connectivity index (χ1v) is 6.62. The SMILES string of the molecule is CC1CC(C(=O)O)CN(Cc2cccc(Cl)c2)C1. The molecule has 3 nitrogen and oxygen atoms in total. The van der Waals surface area contributed by atoms with E-state index in [-0.39, 0.29) is 5.92 Å². The van der Waals surface area contributed by atoms with Gasteiger partial charge in [0.1, 0.15) is 0 Å². The highest BCUT2D eigenvalue weighted by atomic mass is 35.5. The van der Waals surface area contributed by atoms with Gasteiger partial charge in [-0.1, -0.05) is 30.7 Å². The van der Waals surface area contributed by atoms with E-state index in [2.05, 4.69) is 11.8 Å². The molecule has 1 saturated heterocycles. The van der Waals surface area contributed by atoms with Crippen LogP contribution in [0.5, 0.6) is 0 Å². The zero-order valence-corrected chi connectivity index (χ0v) is 11.2. The highest BCUT2D eigenvalue weighted by molar-refractivity contribution is 6.30. The van der Waals surface area contributed by atoms with Gasteiger partial charge < -0.3 is 5.11 Å². The van der Waals surface area contributed by atoms with Gasteiger partial charge in [-0.25, -0.2) is 0 Å². The van der Waals surface area contributed by atoms with Crippen LogP contribution < -0.4 is 0 Å². The Morgan fingerprint density at radius 1 is 1.50 bits per heavy atom. The summed E-state index contributed by atoms with van der Waals surface area (Å²) in [6, 6.07) is 7.75. The number of hydrogen-bond acceptors (Lipinski definition) is 2. The van der Waals surface area contributed by atoms with Crippen molar-refractivity contribution in [3.05, 3.63) is 34.9 Å². The van der Waals surface area contributed by atoms with Crippen molar-refractivity contribution < 1.29 is 9.90 Å². The number of carbonyl (C=O) groups is 1. The molecule has 1 fully saturated rings. The normalized spacial score (nSPS) is 25.0. The van der Waals surface area contributed by atoms with Crippen molar-refractivity contribution in [2.24, 2.45) is 11.8 Å². The Morgan fingerprint density at radius 2 is 2.28 bits per heavy atom. The second kappa shape index (κ2) is 5.72. The summed E-state index contributed by atoms with van der Waals surface area (Å²) in [6.45, 7) is 4.47. The fourth-order valence-electron chi connectivity index (χ4n) is 2.66. The molecule has 0 spiro atoms. The summed E-state index contributed by atoms with van der Waals surface area (Å²) in [7, 11) is 0. The van der Waals surface area contributed by atoms with Crippen LogP contribution in [0.25, 0.3) is 0 Å². The highest BCUT2D eigenvalue weighted by Gasteiger charge is 2.29. The van der Waals surface area contributed by atoms with E-state index >= 15 is 0 Å². The number of carboxylic acids is 1. The molecule has 1 aliphatic rings. The summed E-state index contributed by atoms with van der Waals surface area (Å²) < 4.78 is 0. The number of benzene rings is 1. The third-order valence-corrected chi connectivity index (χ3v) is 3.61. The maximum Gasteiger partial charge on any atom is 0.307 e. The fourth-order valence-corrected chi connectivity index (χ4v) is 2.88. The van der Waals surface area contributed by atoms with Crippen molar-refractivity contribution in [2.45, 2.75) is 19.9 Å². The molecular formula is C14H18ClNO2. The largest absolute Gasteiger partial charge is 0.481 e. The number of likely N-dealkylation sites (tertiary alicyclic amines) is 1. The third kappa shape index (κ3) is 3.47. The maximum atomic E-state index is 11.1. The molecule has 0 bridgehead atoms. The van der Waals surface area contributed by atoms with Gasteiger partial charge in [-0.05, 0) is 30.0 Å². The Bertz CT molecular complexity index is 436. The van der Waals surface area contributed by atoms with Crippen LogP contribution in [-0.2, 0) is 11.3 Å². The first-order valence-electron chi connectivity index (χ1n) is 6.24. The highest BCUT2D eigenvalue weighted by Crippen LogP contribution is 2.23. The number of rotatable bonds is 3. The Morgan fingerprint density at radius 3 is 2.94 bits per heavy atom. The zero-order valence-electron chi connectivity index (χ0n) is 10.5. The molecule has 1 aliphatic heterocycles. The van der Waals surface area contributed by atoms with Crippen molar-refractivity contribution in [2.75, 3.05) is 13.1 Å². The van der Waals surface area contributed by atoms with Crippen LogP contribution in [0.4, 0.5) is 0 Å². The Labute approximate surface area is 112 Å². The van der Waals surface area contributed by atoms with Crippen LogP contribution in [-0.4, -0.2) is 29.1 Å². The first kappa shape index (κ1) is 13.4. The van der Waals surface area contributed by atoms with E-state index in [9.17, 15) is 4.79 Å². The van der Waals surface area contributed by atoms with Crippen molar-refractivity contribution >= 4 is 17.6 Å². The second-order valence-electron chi connectivity index (χ2n) is 5.20. The summed E-state index contributed by atoms with van der Waals surface area (Å²) in [6.07, 6.45) is 0.779. The summed E-state index contributed by atoms with van der Waals surface area (Å²) in [5.74, 6) is -0.496. The van der Waals surface area contributed by atoms with Crippen LogP contribution in [0.2, 0.25) is 5.02 Å². The van der Waals surface area contributed by atoms with Crippen molar-refractivity contribution in [3.8, 4) is 0 Å². The average molecular weight is 268 g/mol. The predicted octanol–water partition coefficient (Wildman–Crippen LogP) is 2.88. The molecule has 1 aromatic carbocycles. The van der Waals surface area contributed by atoms with E-state index in [1.165, 1.54) is 0 Å². The molecule has 0 aromatic heterocycles. The Hall–Kier alpha value is -1.06. The summed E-state index contributed by atoms with van der Waals surface area (Å²) in [5.41, 5.74) is 1.14. The number of halogens is 1. The quantitative estimate of drug-likeness (QED) is 0.916. The Balaban J connectivity index is 2.02. The smallest absolute Gasteiger partial charge is 0.307 e. The van der Waals surface area contributed by atoms with Gasteiger partial charge in [0.05, 0.1) is 5.92 Å². The van der Waals surface area contributed by atoms with Gasteiger partial charge in [0, 0.05) is 24.7 Å². The van der Waals surface area contributed by atoms with Gasteiger partial charge in [0.25, 0.3) is 0 Å². The molecule has 2 rings (SSSR count). The van der Waals surface area contributed by atoms with Gasteiger partial charge in [-0.3, -0.25) is 9.69 Å². The number of hydrogen-bond donors (Lipinski definition) is 1. The van der Waals surface area contributed by atoms with Gasteiger partial charge in [-0.2, -0.15) is 0 Å². The third-order valence-electron chi connectivity index (χ3n) is 3.38. The second-order valence-corrected chi connectivity index (χ2v) is 5.64. The van der Waals surface area contributed by atoms with Crippen LogP contribution in [0.1, 0.15) is 18.9 Å². The number of piperidine rings is 1. The Kier molecular flexibility index (Phi) is 4.25.